The topological polar surface area (TPSA) is 39.9 Å². The molecule has 0 unspecified atom stereocenters. The van der Waals surface area contributed by atoms with Crippen LogP contribution in [0.3, 0.4) is 0 Å². The van der Waals surface area contributed by atoms with Crippen molar-refractivity contribution < 1.29 is 4.84 Å². The molecule has 4 rings (SSSR count). The summed E-state index contributed by atoms with van der Waals surface area (Å²) in [6.45, 7) is 0.408. The van der Waals surface area contributed by atoms with E-state index in [0.29, 0.717) is 23.1 Å². The second kappa shape index (κ2) is 6.86. The summed E-state index contributed by atoms with van der Waals surface area (Å²) >= 11 is 9.80. The van der Waals surface area contributed by atoms with Gasteiger partial charge in [0.1, 0.15) is 12.1 Å². The summed E-state index contributed by atoms with van der Waals surface area (Å²) in [6.07, 6.45) is 1.71. The van der Waals surface area contributed by atoms with Gasteiger partial charge in [-0.1, -0.05) is 51.8 Å². The first kappa shape index (κ1) is 16.1. The van der Waals surface area contributed by atoms with Gasteiger partial charge >= 0.3 is 0 Å². The molecule has 25 heavy (non-hydrogen) atoms. The third-order valence-electron chi connectivity index (χ3n) is 3.78. The van der Waals surface area contributed by atoms with Crippen molar-refractivity contribution in [3.05, 3.63) is 81.9 Å². The predicted octanol–water partition coefficient (Wildman–Crippen LogP) is 5.14. The number of rotatable bonds is 4. The van der Waals surface area contributed by atoms with Gasteiger partial charge in [-0.3, -0.25) is 0 Å². The van der Waals surface area contributed by atoms with Gasteiger partial charge in [-0.05, 0) is 42.0 Å². The van der Waals surface area contributed by atoms with E-state index in [9.17, 15) is 0 Å². The number of pyridine rings is 1. The van der Waals surface area contributed by atoms with Crippen molar-refractivity contribution in [2.24, 2.45) is 0 Å². The Morgan fingerprint density at radius 3 is 2.60 bits per heavy atom. The maximum Gasteiger partial charge on any atom is 0.181 e. The highest BCUT2D eigenvalue weighted by Gasteiger charge is 2.16. The smallest absolute Gasteiger partial charge is 0.181 e. The summed E-state index contributed by atoms with van der Waals surface area (Å²) in [5.74, 6) is 0.636. The Labute approximate surface area is 158 Å². The number of benzene rings is 2. The van der Waals surface area contributed by atoms with E-state index in [0.717, 1.165) is 21.1 Å². The molecule has 2 aromatic carbocycles. The highest BCUT2D eigenvalue weighted by molar-refractivity contribution is 9.10. The maximum atomic E-state index is 6.36. The van der Waals surface area contributed by atoms with Gasteiger partial charge in [0.2, 0.25) is 0 Å². The van der Waals surface area contributed by atoms with Crippen molar-refractivity contribution in [1.29, 1.82) is 0 Å². The lowest BCUT2D eigenvalue weighted by molar-refractivity contribution is 0.110. The Morgan fingerprint density at radius 1 is 1.00 bits per heavy atom. The molecule has 0 amide bonds. The van der Waals surface area contributed by atoms with E-state index in [-0.39, 0.29) is 0 Å². The van der Waals surface area contributed by atoms with Gasteiger partial charge in [0.25, 0.3) is 0 Å². The van der Waals surface area contributed by atoms with Gasteiger partial charge in [-0.2, -0.15) is 4.73 Å². The molecule has 2 aromatic heterocycles. The van der Waals surface area contributed by atoms with E-state index in [4.69, 9.17) is 16.4 Å². The summed E-state index contributed by atoms with van der Waals surface area (Å²) in [5, 5.41) is 0.617. The van der Waals surface area contributed by atoms with E-state index in [1.54, 1.807) is 10.9 Å². The fourth-order valence-corrected chi connectivity index (χ4v) is 3.04. The highest BCUT2D eigenvalue weighted by Crippen LogP contribution is 2.29. The van der Waals surface area contributed by atoms with Crippen molar-refractivity contribution in [1.82, 2.24) is 14.7 Å². The van der Waals surface area contributed by atoms with Crippen LogP contribution < -0.4 is 4.84 Å². The molecule has 4 aromatic rings. The van der Waals surface area contributed by atoms with Crippen LogP contribution in [0.4, 0.5) is 0 Å². The second-order valence-electron chi connectivity index (χ2n) is 5.46. The minimum absolute atomic E-state index is 0.408. The van der Waals surface area contributed by atoms with E-state index < -0.39 is 0 Å². The van der Waals surface area contributed by atoms with E-state index in [2.05, 4.69) is 25.9 Å². The lowest BCUT2D eigenvalue weighted by atomic mass is 10.2. The van der Waals surface area contributed by atoms with Crippen LogP contribution in [-0.4, -0.2) is 14.7 Å². The SMILES string of the molecule is Clc1ccccc1-c1nc2ncccc2n1OCc1ccc(Br)cc1. The van der Waals surface area contributed by atoms with Crippen LogP contribution >= 0.6 is 27.5 Å². The number of aromatic nitrogens is 3. The zero-order chi connectivity index (χ0) is 17.2. The number of fused-ring (bicyclic) bond motifs is 1. The van der Waals surface area contributed by atoms with Crippen molar-refractivity contribution in [3.63, 3.8) is 0 Å². The molecule has 0 aliphatic carbocycles. The molecule has 0 bridgehead atoms. The first-order chi connectivity index (χ1) is 12.2. The summed E-state index contributed by atoms with van der Waals surface area (Å²) < 4.78 is 2.73. The Balaban J connectivity index is 1.77. The monoisotopic (exact) mass is 413 g/mol. The van der Waals surface area contributed by atoms with E-state index in [1.165, 1.54) is 0 Å². The number of halogens is 2. The zero-order valence-corrected chi connectivity index (χ0v) is 15.4. The number of hydrogen-bond donors (Lipinski definition) is 0. The van der Waals surface area contributed by atoms with Crippen molar-refractivity contribution in [3.8, 4) is 11.4 Å². The minimum Gasteiger partial charge on any atom is -0.407 e. The van der Waals surface area contributed by atoms with E-state index in [1.807, 2.05) is 60.7 Å². The van der Waals surface area contributed by atoms with Gasteiger partial charge in [0.15, 0.2) is 11.5 Å². The average Bonchev–Trinajstić information content (AvgIpc) is 3.00. The average molecular weight is 415 g/mol. The van der Waals surface area contributed by atoms with Crippen LogP contribution in [0.25, 0.3) is 22.6 Å². The molecule has 0 spiro atoms. The Hall–Kier alpha value is -2.37. The third kappa shape index (κ3) is 3.25. The Morgan fingerprint density at radius 2 is 1.80 bits per heavy atom. The van der Waals surface area contributed by atoms with Crippen LogP contribution in [0.1, 0.15) is 5.56 Å². The summed E-state index contributed by atoms with van der Waals surface area (Å²) in [5.41, 5.74) is 3.28. The molecule has 0 radical (unpaired) electrons. The first-order valence-corrected chi connectivity index (χ1v) is 8.85. The fraction of sp³-hybridized carbons (Fsp3) is 0.0526. The summed E-state index contributed by atoms with van der Waals surface area (Å²) in [7, 11) is 0. The van der Waals surface area contributed by atoms with Crippen molar-refractivity contribution in [2.75, 3.05) is 0 Å². The van der Waals surface area contributed by atoms with Crippen LogP contribution in [0.2, 0.25) is 5.02 Å². The molecular weight excluding hydrogens is 402 g/mol. The molecule has 0 fully saturated rings. The highest BCUT2D eigenvalue weighted by atomic mass is 79.9. The van der Waals surface area contributed by atoms with Crippen LogP contribution in [-0.2, 0) is 6.61 Å². The number of hydrogen-bond acceptors (Lipinski definition) is 3. The predicted molar refractivity (Wildman–Crippen MR) is 102 cm³/mol. The van der Waals surface area contributed by atoms with Crippen LogP contribution in [0, 0.1) is 0 Å². The third-order valence-corrected chi connectivity index (χ3v) is 4.64. The zero-order valence-electron chi connectivity index (χ0n) is 13.1. The number of imidazole rings is 1. The van der Waals surface area contributed by atoms with Gasteiger partial charge in [-0.15, -0.1) is 0 Å². The Bertz CT molecular complexity index is 1030. The number of nitrogens with zero attached hydrogens (tertiary/aromatic N) is 3. The molecule has 0 saturated heterocycles. The summed E-state index contributed by atoms with van der Waals surface area (Å²) in [4.78, 5) is 15.0. The minimum atomic E-state index is 0.408. The van der Waals surface area contributed by atoms with Crippen molar-refractivity contribution in [2.45, 2.75) is 6.61 Å². The molecule has 0 aliphatic heterocycles. The normalized spacial score (nSPS) is 11.0. The largest absolute Gasteiger partial charge is 0.407 e. The summed E-state index contributed by atoms with van der Waals surface area (Å²) in [6, 6.07) is 19.4. The molecule has 0 atom stereocenters. The van der Waals surface area contributed by atoms with Crippen molar-refractivity contribution >= 4 is 38.7 Å². The van der Waals surface area contributed by atoms with Gasteiger partial charge in [0, 0.05) is 16.2 Å². The van der Waals surface area contributed by atoms with Crippen LogP contribution in [0.15, 0.2) is 71.3 Å². The molecule has 6 heteroatoms. The van der Waals surface area contributed by atoms with Crippen LogP contribution in [0.5, 0.6) is 0 Å². The molecule has 0 aliphatic rings. The first-order valence-electron chi connectivity index (χ1n) is 7.68. The second-order valence-corrected chi connectivity index (χ2v) is 6.78. The molecule has 0 saturated carbocycles. The lowest BCUT2D eigenvalue weighted by Crippen LogP contribution is -2.12. The maximum absolute atomic E-state index is 6.36. The quantitative estimate of drug-likeness (QED) is 0.464. The Kier molecular flexibility index (Phi) is 4.42. The van der Waals surface area contributed by atoms with Gasteiger partial charge in [-0.25, -0.2) is 9.97 Å². The molecule has 2 heterocycles. The molecule has 4 nitrogen and oxygen atoms in total. The van der Waals surface area contributed by atoms with Gasteiger partial charge < -0.3 is 4.84 Å². The van der Waals surface area contributed by atoms with E-state index >= 15 is 0 Å². The fourth-order valence-electron chi connectivity index (χ4n) is 2.56. The van der Waals surface area contributed by atoms with Gasteiger partial charge in [0.05, 0.1) is 5.02 Å². The standard InChI is InChI=1S/C19H13BrClN3O/c20-14-9-7-13(8-10-14)12-25-24-17-6-3-11-22-18(17)23-19(24)15-4-1-2-5-16(15)21/h1-11H,12H2. The molecule has 124 valence electrons. The molecule has 0 N–H and O–H groups in total. The lowest BCUT2D eigenvalue weighted by Gasteiger charge is -2.12. The molecular formula is C19H13BrClN3O.